The molecule has 1 aliphatic carbocycles. The summed E-state index contributed by atoms with van der Waals surface area (Å²) >= 11 is 0. The minimum Gasteiger partial charge on any atom is -0.497 e. The monoisotopic (exact) mass is 591 g/mol. The fourth-order valence-electron chi connectivity index (χ4n) is 5.23. The van der Waals surface area contributed by atoms with Gasteiger partial charge in [0.2, 0.25) is 11.8 Å². The summed E-state index contributed by atoms with van der Waals surface area (Å²) in [5.41, 5.74) is 2.97. The zero-order valence-corrected chi connectivity index (χ0v) is 25.7. The number of hydrogen-bond donors (Lipinski definition) is 1. The minimum atomic E-state index is -4.10. The van der Waals surface area contributed by atoms with Crippen LogP contribution in [0.2, 0.25) is 0 Å². The molecular formula is C33H41N3O5S. The molecule has 42 heavy (non-hydrogen) atoms. The van der Waals surface area contributed by atoms with Gasteiger partial charge in [0.25, 0.3) is 10.0 Å². The second-order valence-corrected chi connectivity index (χ2v) is 12.9. The van der Waals surface area contributed by atoms with Crippen LogP contribution in [0.1, 0.15) is 55.7 Å². The third kappa shape index (κ3) is 7.70. The summed E-state index contributed by atoms with van der Waals surface area (Å²) in [4.78, 5) is 29.1. The second kappa shape index (κ2) is 13.9. The van der Waals surface area contributed by atoms with E-state index in [1.807, 2.05) is 32.0 Å². The number of methoxy groups -OCH3 is 1. The van der Waals surface area contributed by atoms with Crippen LogP contribution in [0.15, 0.2) is 77.7 Å². The number of rotatable bonds is 11. The average Bonchev–Trinajstić information content (AvgIpc) is 2.99. The van der Waals surface area contributed by atoms with Crippen molar-refractivity contribution in [3.8, 4) is 5.75 Å². The lowest BCUT2D eigenvalue weighted by atomic mass is 9.95. The van der Waals surface area contributed by atoms with Crippen molar-refractivity contribution in [3.05, 3.63) is 89.5 Å². The summed E-state index contributed by atoms with van der Waals surface area (Å²) in [6.45, 7) is 5.13. The highest BCUT2D eigenvalue weighted by molar-refractivity contribution is 7.92. The Morgan fingerprint density at radius 1 is 0.929 bits per heavy atom. The summed E-state index contributed by atoms with van der Waals surface area (Å²) in [7, 11) is -2.52. The van der Waals surface area contributed by atoms with Crippen LogP contribution in [0.4, 0.5) is 5.69 Å². The van der Waals surface area contributed by atoms with E-state index in [9.17, 15) is 18.0 Å². The normalized spacial score (nSPS) is 14.6. The van der Waals surface area contributed by atoms with Crippen molar-refractivity contribution in [1.29, 1.82) is 0 Å². The Labute approximate surface area is 249 Å². The van der Waals surface area contributed by atoms with Crippen molar-refractivity contribution in [2.24, 2.45) is 0 Å². The molecule has 3 aromatic carbocycles. The molecule has 1 aliphatic rings. The van der Waals surface area contributed by atoms with Gasteiger partial charge >= 0.3 is 0 Å². The quantitative estimate of drug-likeness (QED) is 0.323. The van der Waals surface area contributed by atoms with Crippen molar-refractivity contribution < 1.29 is 22.7 Å². The fourth-order valence-corrected chi connectivity index (χ4v) is 6.63. The van der Waals surface area contributed by atoms with Crippen LogP contribution in [0.25, 0.3) is 0 Å². The van der Waals surface area contributed by atoms with Gasteiger partial charge in [-0.05, 0) is 81.1 Å². The number of amides is 2. The number of benzene rings is 3. The fraction of sp³-hybridized carbons (Fsp3) is 0.394. The Kier molecular flexibility index (Phi) is 10.3. The van der Waals surface area contributed by atoms with Crippen molar-refractivity contribution in [3.63, 3.8) is 0 Å². The van der Waals surface area contributed by atoms with Crippen LogP contribution in [0.5, 0.6) is 5.75 Å². The lowest BCUT2D eigenvalue weighted by Crippen LogP contribution is -2.53. The van der Waals surface area contributed by atoms with E-state index >= 15 is 0 Å². The van der Waals surface area contributed by atoms with Gasteiger partial charge in [-0.3, -0.25) is 13.9 Å². The number of hydrogen-bond acceptors (Lipinski definition) is 5. The molecule has 2 amide bonds. The molecule has 0 spiro atoms. The average molecular weight is 592 g/mol. The smallest absolute Gasteiger partial charge is 0.264 e. The highest BCUT2D eigenvalue weighted by Gasteiger charge is 2.33. The highest BCUT2D eigenvalue weighted by Crippen LogP contribution is 2.26. The first-order valence-electron chi connectivity index (χ1n) is 14.5. The van der Waals surface area contributed by atoms with Crippen LogP contribution < -0.4 is 14.4 Å². The number of sulfonamides is 1. The van der Waals surface area contributed by atoms with Crippen LogP contribution >= 0.6 is 0 Å². The van der Waals surface area contributed by atoms with Crippen LogP contribution in [0, 0.1) is 13.8 Å². The molecule has 8 nitrogen and oxygen atoms in total. The number of carbonyl (C=O) groups is 2. The SMILES string of the molecule is COc1ccc(CN(C(=O)CN(c2cccc(C)c2)S(=O)(=O)c2ccc(C)cc2)[C@H](C)C(=O)NC2CCCCC2)cc1. The lowest BCUT2D eigenvalue weighted by Gasteiger charge is -2.33. The summed E-state index contributed by atoms with van der Waals surface area (Å²) < 4.78 is 34.4. The zero-order chi connectivity index (χ0) is 30.3. The van der Waals surface area contributed by atoms with Gasteiger partial charge in [0.1, 0.15) is 18.3 Å². The van der Waals surface area contributed by atoms with E-state index in [1.165, 1.54) is 4.90 Å². The van der Waals surface area contributed by atoms with E-state index in [4.69, 9.17) is 4.74 Å². The predicted molar refractivity (Wildman–Crippen MR) is 165 cm³/mol. The standard InChI is InChI=1S/C33H41N3O5S/c1-24-13-19-31(20-14-24)42(39,40)36(29-12-8-9-25(2)21-29)23-32(37)35(22-27-15-17-30(41-4)18-16-27)26(3)33(38)34-28-10-6-5-7-11-28/h8-9,12-21,26,28H,5-7,10-11,22-23H2,1-4H3,(H,34,38)/t26-/m1/s1. The Morgan fingerprint density at radius 2 is 1.60 bits per heavy atom. The predicted octanol–water partition coefficient (Wildman–Crippen LogP) is 5.37. The molecule has 1 saturated carbocycles. The molecule has 4 rings (SSSR count). The van der Waals surface area contributed by atoms with Gasteiger partial charge in [0.05, 0.1) is 17.7 Å². The van der Waals surface area contributed by atoms with Gasteiger partial charge in [-0.25, -0.2) is 8.42 Å². The molecule has 9 heteroatoms. The number of ether oxygens (including phenoxy) is 1. The van der Waals surface area contributed by atoms with E-state index in [-0.39, 0.29) is 23.4 Å². The maximum absolute atomic E-state index is 14.1. The lowest BCUT2D eigenvalue weighted by molar-refractivity contribution is -0.139. The van der Waals surface area contributed by atoms with Crippen molar-refractivity contribution in [2.45, 2.75) is 76.4 Å². The van der Waals surface area contributed by atoms with Gasteiger partial charge in [0.15, 0.2) is 0 Å². The molecule has 0 saturated heterocycles. The number of aryl methyl sites for hydroxylation is 2. The molecule has 3 aromatic rings. The Hall–Kier alpha value is -3.85. The molecular weight excluding hydrogens is 550 g/mol. The number of anilines is 1. The van der Waals surface area contributed by atoms with Crippen LogP contribution in [-0.4, -0.2) is 50.9 Å². The number of carbonyl (C=O) groups excluding carboxylic acids is 2. The summed E-state index contributed by atoms with van der Waals surface area (Å²) in [5.74, 6) is -0.0453. The summed E-state index contributed by atoms with van der Waals surface area (Å²) in [6.07, 6.45) is 5.13. The van der Waals surface area contributed by atoms with E-state index in [2.05, 4.69) is 5.32 Å². The minimum absolute atomic E-state index is 0.0809. The first-order valence-corrected chi connectivity index (χ1v) is 15.9. The molecule has 224 valence electrons. The topological polar surface area (TPSA) is 96.0 Å². The van der Waals surface area contributed by atoms with Gasteiger partial charge in [-0.2, -0.15) is 0 Å². The molecule has 0 aliphatic heterocycles. The van der Waals surface area contributed by atoms with Gasteiger partial charge in [-0.1, -0.05) is 61.2 Å². The van der Waals surface area contributed by atoms with Crippen molar-refractivity contribution in [1.82, 2.24) is 10.2 Å². The van der Waals surface area contributed by atoms with Crippen LogP contribution in [-0.2, 0) is 26.2 Å². The van der Waals surface area contributed by atoms with E-state index < -0.39 is 28.5 Å². The molecule has 0 radical (unpaired) electrons. The third-order valence-electron chi connectivity index (χ3n) is 7.81. The first-order chi connectivity index (χ1) is 20.1. The maximum atomic E-state index is 14.1. The van der Waals surface area contributed by atoms with Crippen molar-refractivity contribution >= 4 is 27.5 Å². The zero-order valence-electron chi connectivity index (χ0n) is 24.9. The second-order valence-electron chi connectivity index (χ2n) is 11.1. The summed E-state index contributed by atoms with van der Waals surface area (Å²) in [5, 5.41) is 3.13. The molecule has 0 heterocycles. The molecule has 1 N–H and O–H groups in total. The molecule has 0 aromatic heterocycles. The Balaban J connectivity index is 1.67. The molecule has 1 fully saturated rings. The van der Waals surface area contributed by atoms with Crippen molar-refractivity contribution in [2.75, 3.05) is 18.0 Å². The molecule has 0 unspecified atom stereocenters. The van der Waals surface area contributed by atoms with Crippen LogP contribution in [0.3, 0.4) is 0 Å². The van der Waals surface area contributed by atoms with Gasteiger partial charge in [-0.15, -0.1) is 0 Å². The van der Waals surface area contributed by atoms with E-state index in [1.54, 1.807) is 68.6 Å². The first kappa shape index (κ1) is 31.1. The highest BCUT2D eigenvalue weighted by atomic mass is 32.2. The molecule has 1 atom stereocenters. The number of nitrogens with one attached hydrogen (secondary N) is 1. The Bertz CT molecular complexity index is 1470. The van der Waals surface area contributed by atoms with Gasteiger partial charge in [0, 0.05) is 12.6 Å². The van der Waals surface area contributed by atoms with Gasteiger partial charge < -0.3 is 15.0 Å². The maximum Gasteiger partial charge on any atom is 0.264 e. The van der Waals surface area contributed by atoms with E-state index in [0.717, 1.165) is 53.1 Å². The summed E-state index contributed by atoms with van der Waals surface area (Å²) in [6, 6.07) is 20.2. The number of nitrogens with zero attached hydrogens (tertiary/aromatic N) is 2. The largest absolute Gasteiger partial charge is 0.497 e. The van der Waals surface area contributed by atoms with E-state index in [0.29, 0.717) is 11.4 Å². The third-order valence-corrected chi connectivity index (χ3v) is 9.60. The molecule has 0 bridgehead atoms. The Morgan fingerprint density at radius 3 is 2.21 bits per heavy atom.